The van der Waals surface area contributed by atoms with Gasteiger partial charge in [0.25, 0.3) is 0 Å². The van der Waals surface area contributed by atoms with Crippen LogP contribution in [-0.2, 0) is 6.18 Å². The van der Waals surface area contributed by atoms with Gasteiger partial charge in [-0.05, 0) is 24.3 Å². The van der Waals surface area contributed by atoms with E-state index < -0.39 is 11.7 Å². The lowest BCUT2D eigenvalue weighted by molar-refractivity contribution is -0.136. The van der Waals surface area contributed by atoms with Crippen molar-refractivity contribution >= 4 is 11.9 Å². The van der Waals surface area contributed by atoms with Crippen molar-refractivity contribution in [3.63, 3.8) is 0 Å². The van der Waals surface area contributed by atoms with Gasteiger partial charge in [0.15, 0.2) is 0 Å². The number of rotatable bonds is 3. The molecular weight excluding hydrogens is 285 g/mol. The Balaban J connectivity index is 2.18. The number of phenolic OH excluding ortho intramolecular Hbond substituents is 2. The molecule has 0 bridgehead atoms. The number of hydrogen-bond acceptors (Lipinski definition) is 4. The van der Waals surface area contributed by atoms with Gasteiger partial charge in [0.05, 0.1) is 17.5 Å². The monoisotopic (exact) mass is 296 g/mol. The highest BCUT2D eigenvalue weighted by atomic mass is 19.4. The van der Waals surface area contributed by atoms with Gasteiger partial charge in [0, 0.05) is 11.6 Å². The minimum atomic E-state index is -4.49. The van der Waals surface area contributed by atoms with Crippen LogP contribution in [0.3, 0.4) is 0 Å². The number of halogens is 3. The summed E-state index contributed by atoms with van der Waals surface area (Å²) in [6, 6.07) is 8.72. The van der Waals surface area contributed by atoms with E-state index in [4.69, 9.17) is 5.11 Å². The minimum Gasteiger partial charge on any atom is -0.508 e. The Bertz CT molecular complexity index is 670. The molecule has 0 aliphatic heterocycles. The number of hydrogen-bond donors (Lipinski definition) is 3. The zero-order valence-corrected chi connectivity index (χ0v) is 10.6. The maximum atomic E-state index is 12.7. The molecule has 0 amide bonds. The van der Waals surface area contributed by atoms with E-state index >= 15 is 0 Å². The number of nitrogens with zero attached hydrogens (tertiary/aromatic N) is 1. The van der Waals surface area contributed by atoms with E-state index in [0.29, 0.717) is 0 Å². The summed E-state index contributed by atoms with van der Waals surface area (Å²) in [6.07, 6.45) is -3.33. The number of para-hydroxylation sites is 1. The second-order valence-corrected chi connectivity index (χ2v) is 4.16. The highest BCUT2D eigenvalue weighted by Crippen LogP contribution is 2.34. The van der Waals surface area contributed by atoms with Crippen LogP contribution < -0.4 is 5.43 Å². The van der Waals surface area contributed by atoms with E-state index in [0.717, 1.165) is 18.3 Å². The highest BCUT2D eigenvalue weighted by molar-refractivity contribution is 5.84. The molecule has 0 spiro atoms. The van der Waals surface area contributed by atoms with Gasteiger partial charge in [-0.15, -0.1) is 0 Å². The number of phenols is 2. The molecule has 3 N–H and O–H groups in total. The first-order valence-corrected chi connectivity index (χ1v) is 5.85. The van der Waals surface area contributed by atoms with Crippen molar-refractivity contribution < 1.29 is 23.4 Å². The van der Waals surface area contributed by atoms with Crippen LogP contribution in [0.5, 0.6) is 11.5 Å². The summed E-state index contributed by atoms with van der Waals surface area (Å²) < 4.78 is 38.2. The van der Waals surface area contributed by atoms with Gasteiger partial charge in [-0.2, -0.15) is 18.3 Å². The summed E-state index contributed by atoms with van der Waals surface area (Å²) in [4.78, 5) is 0. The molecule has 0 unspecified atom stereocenters. The van der Waals surface area contributed by atoms with Crippen molar-refractivity contribution in [3.05, 3.63) is 53.6 Å². The number of aromatic hydroxyl groups is 2. The maximum Gasteiger partial charge on any atom is 0.418 e. The van der Waals surface area contributed by atoms with E-state index in [1.54, 1.807) is 0 Å². The second kappa shape index (κ2) is 5.74. The van der Waals surface area contributed by atoms with E-state index in [-0.39, 0.29) is 22.7 Å². The van der Waals surface area contributed by atoms with E-state index in [1.165, 1.54) is 30.3 Å². The minimum absolute atomic E-state index is 0.125. The summed E-state index contributed by atoms with van der Waals surface area (Å²) in [5.41, 5.74) is 1.51. The largest absolute Gasteiger partial charge is 0.508 e. The SMILES string of the molecule is Oc1ccc(/C=N/Nc2ccccc2C(F)(F)F)c(O)c1. The summed E-state index contributed by atoms with van der Waals surface area (Å²) in [7, 11) is 0. The van der Waals surface area contributed by atoms with Crippen LogP contribution in [0.15, 0.2) is 47.6 Å². The number of benzene rings is 2. The maximum absolute atomic E-state index is 12.7. The second-order valence-electron chi connectivity index (χ2n) is 4.16. The Morgan fingerprint density at radius 3 is 2.43 bits per heavy atom. The lowest BCUT2D eigenvalue weighted by Crippen LogP contribution is -2.08. The number of anilines is 1. The van der Waals surface area contributed by atoms with Crippen LogP contribution in [-0.4, -0.2) is 16.4 Å². The predicted octanol–water partition coefficient (Wildman–Crippen LogP) is 3.56. The third-order valence-electron chi connectivity index (χ3n) is 2.64. The van der Waals surface area contributed by atoms with Crippen molar-refractivity contribution in [3.8, 4) is 11.5 Å². The summed E-state index contributed by atoms with van der Waals surface area (Å²) >= 11 is 0. The van der Waals surface area contributed by atoms with Crippen molar-refractivity contribution in [1.29, 1.82) is 0 Å². The third kappa shape index (κ3) is 3.65. The first kappa shape index (κ1) is 14.7. The van der Waals surface area contributed by atoms with Crippen LogP contribution >= 0.6 is 0 Å². The zero-order chi connectivity index (χ0) is 15.5. The quantitative estimate of drug-likeness (QED) is 0.599. The molecule has 2 aromatic carbocycles. The molecule has 21 heavy (non-hydrogen) atoms. The Kier molecular flexibility index (Phi) is 4.02. The van der Waals surface area contributed by atoms with Gasteiger partial charge in [-0.3, -0.25) is 5.43 Å². The molecule has 0 aromatic heterocycles. The van der Waals surface area contributed by atoms with Crippen LogP contribution in [0.1, 0.15) is 11.1 Å². The fourth-order valence-electron chi connectivity index (χ4n) is 1.64. The van der Waals surface area contributed by atoms with Crippen molar-refractivity contribution in [2.75, 3.05) is 5.43 Å². The lowest BCUT2D eigenvalue weighted by atomic mass is 10.2. The van der Waals surface area contributed by atoms with Gasteiger partial charge in [-0.1, -0.05) is 12.1 Å². The third-order valence-corrected chi connectivity index (χ3v) is 2.64. The van der Waals surface area contributed by atoms with E-state index in [1.807, 2.05) is 0 Å². The molecule has 2 rings (SSSR count). The normalized spacial score (nSPS) is 11.8. The average Bonchev–Trinajstić information content (AvgIpc) is 2.41. The molecule has 0 aliphatic rings. The van der Waals surface area contributed by atoms with Crippen LogP contribution in [0.4, 0.5) is 18.9 Å². The Hall–Kier alpha value is -2.70. The number of nitrogens with one attached hydrogen (secondary N) is 1. The fourth-order valence-corrected chi connectivity index (χ4v) is 1.64. The Labute approximate surface area is 118 Å². The van der Waals surface area contributed by atoms with Crippen molar-refractivity contribution in [2.45, 2.75) is 6.18 Å². The van der Waals surface area contributed by atoms with E-state index in [9.17, 15) is 18.3 Å². The summed E-state index contributed by atoms with van der Waals surface area (Å²) in [5, 5.41) is 22.3. The summed E-state index contributed by atoms with van der Waals surface area (Å²) in [5.74, 6) is -0.357. The molecule has 4 nitrogen and oxygen atoms in total. The van der Waals surface area contributed by atoms with Gasteiger partial charge >= 0.3 is 6.18 Å². The molecule has 0 aliphatic carbocycles. The number of alkyl halides is 3. The smallest absolute Gasteiger partial charge is 0.418 e. The highest BCUT2D eigenvalue weighted by Gasteiger charge is 2.33. The first-order valence-electron chi connectivity index (χ1n) is 5.85. The zero-order valence-electron chi connectivity index (χ0n) is 10.6. The Morgan fingerprint density at radius 1 is 1.05 bits per heavy atom. The molecule has 0 saturated carbocycles. The molecule has 7 heteroatoms. The van der Waals surface area contributed by atoms with Gasteiger partial charge in [0.2, 0.25) is 0 Å². The van der Waals surface area contributed by atoms with Crippen LogP contribution in [0, 0.1) is 0 Å². The molecule has 110 valence electrons. The van der Waals surface area contributed by atoms with Crippen LogP contribution in [0.2, 0.25) is 0 Å². The van der Waals surface area contributed by atoms with Gasteiger partial charge < -0.3 is 10.2 Å². The molecule has 0 saturated heterocycles. The van der Waals surface area contributed by atoms with Gasteiger partial charge in [0.1, 0.15) is 11.5 Å². The predicted molar refractivity (Wildman–Crippen MR) is 72.4 cm³/mol. The van der Waals surface area contributed by atoms with Crippen molar-refractivity contribution in [2.24, 2.45) is 5.10 Å². The van der Waals surface area contributed by atoms with Gasteiger partial charge in [-0.25, -0.2) is 0 Å². The summed E-state index contributed by atoms with van der Waals surface area (Å²) in [6.45, 7) is 0. The lowest BCUT2D eigenvalue weighted by Gasteiger charge is -2.11. The number of hydrazone groups is 1. The average molecular weight is 296 g/mol. The Morgan fingerprint density at radius 2 is 1.76 bits per heavy atom. The fraction of sp³-hybridized carbons (Fsp3) is 0.0714. The molecule has 0 radical (unpaired) electrons. The molecule has 0 atom stereocenters. The first-order chi connectivity index (χ1) is 9.88. The molecular formula is C14H11F3N2O2. The van der Waals surface area contributed by atoms with Crippen LogP contribution in [0.25, 0.3) is 0 Å². The topological polar surface area (TPSA) is 64.9 Å². The van der Waals surface area contributed by atoms with Crippen molar-refractivity contribution in [1.82, 2.24) is 0 Å². The molecule has 2 aromatic rings. The molecule has 0 fully saturated rings. The standard InChI is InChI=1S/C14H11F3N2O2/c15-14(16,17)11-3-1-2-4-12(11)19-18-8-9-5-6-10(20)7-13(9)21/h1-8,19-21H/b18-8+. The molecule has 0 heterocycles. The van der Waals surface area contributed by atoms with E-state index in [2.05, 4.69) is 10.5 Å².